The minimum absolute atomic E-state index is 0.153. The molecule has 3 fully saturated rings. The molecule has 0 aromatic rings. The van der Waals surface area contributed by atoms with Gasteiger partial charge in [0.25, 0.3) is 5.91 Å². The van der Waals surface area contributed by atoms with Gasteiger partial charge in [-0.3, -0.25) is 14.5 Å². The number of urea groups is 1. The van der Waals surface area contributed by atoms with E-state index in [1.165, 1.54) is 0 Å². The summed E-state index contributed by atoms with van der Waals surface area (Å²) in [6, 6.07) is 1.64. The van der Waals surface area contributed by atoms with Gasteiger partial charge in [0.1, 0.15) is 17.6 Å². The van der Waals surface area contributed by atoms with E-state index in [4.69, 9.17) is 0 Å². The van der Waals surface area contributed by atoms with Crippen LogP contribution in [0, 0.1) is 23.2 Å². The van der Waals surface area contributed by atoms with Crippen LogP contribution < -0.4 is 10.6 Å². The van der Waals surface area contributed by atoms with Gasteiger partial charge in [0.05, 0.1) is 6.07 Å². The number of nitrogens with one attached hydrogen (secondary N) is 2. The van der Waals surface area contributed by atoms with E-state index in [1.807, 2.05) is 0 Å². The molecule has 7 heteroatoms. The van der Waals surface area contributed by atoms with Crippen molar-refractivity contribution in [3.05, 3.63) is 0 Å². The highest BCUT2D eigenvalue weighted by atomic mass is 16.2. The fourth-order valence-electron chi connectivity index (χ4n) is 3.77. The number of amides is 4. The van der Waals surface area contributed by atoms with Crippen molar-refractivity contribution in [3.63, 3.8) is 0 Å². The normalized spacial score (nSPS) is 32.2. The highest BCUT2D eigenvalue weighted by Gasteiger charge is 2.52. The maximum atomic E-state index is 12.7. The molecule has 0 radical (unpaired) electrons. The fraction of sp³-hybridized carbons (Fsp3) is 0.765. The number of nitriles is 1. The monoisotopic (exact) mass is 332 g/mol. The van der Waals surface area contributed by atoms with Gasteiger partial charge in [-0.2, -0.15) is 5.26 Å². The number of nitrogens with zero attached hydrogens (tertiary/aromatic N) is 2. The molecule has 0 aromatic heterocycles. The van der Waals surface area contributed by atoms with Gasteiger partial charge in [-0.25, -0.2) is 4.79 Å². The molecule has 130 valence electrons. The van der Waals surface area contributed by atoms with Crippen molar-refractivity contribution >= 4 is 17.8 Å². The summed E-state index contributed by atoms with van der Waals surface area (Å²) in [5.41, 5.74) is -1.76. The Morgan fingerprint density at radius 2 is 2.00 bits per heavy atom. The van der Waals surface area contributed by atoms with E-state index in [0.717, 1.165) is 30.6 Å². The van der Waals surface area contributed by atoms with Gasteiger partial charge in [-0.15, -0.1) is 0 Å². The lowest BCUT2D eigenvalue weighted by molar-refractivity contribution is -0.136. The van der Waals surface area contributed by atoms with Crippen molar-refractivity contribution in [2.45, 2.75) is 63.5 Å². The molecule has 7 nitrogen and oxygen atoms in total. The van der Waals surface area contributed by atoms with Gasteiger partial charge in [0.15, 0.2) is 0 Å². The molecule has 0 aromatic carbocycles. The third-order valence-corrected chi connectivity index (χ3v) is 5.70. The fourth-order valence-corrected chi connectivity index (χ4v) is 3.77. The average molecular weight is 332 g/mol. The van der Waals surface area contributed by atoms with Crippen LogP contribution in [0.2, 0.25) is 0 Å². The lowest BCUT2D eigenvalue weighted by Crippen LogP contribution is -2.52. The van der Waals surface area contributed by atoms with Gasteiger partial charge < -0.3 is 10.6 Å². The van der Waals surface area contributed by atoms with Crippen LogP contribution >= 0.6 is 0 Å². The van der Waals surface area contributed by atoms with Gasteiger partial charge in [-0.05, 0) is 57.3 Å². The quantitative estimate of drug-likeness (QED) is 0.757. The Kier molecular flexibility index (Phi) is 4.02. The smallest absolute Gasteiger partial charge is 0.325 e. The molecule has 2 saturated carbocycles. The van der Waals surface area contributed by atoms with Crippen molar-refractivity contribution in [1.29, 1.82) is 5.26 Å². The van der Waals surface area contributed by atoms with Crippen LogP contribution in [0.1, 0.15) is 52.4 Å². The van der Waals surface area contributed by atoms with Gasteiger partial charge in [0.2, 0.25) is 5.91 Å². The van der Waals surface area contributed by atoms with E-state index < -0.39 is 23.0 Å². The maximum Gasteiger partial charge on any atom is 0.325 e. The second-order valence-corrected chi connectivity index (χ2v) is 7.72. The van der Waals surface area contributed by atoms with Crippen molar-refractivity contribution in [3.8, 4) is 6.07 Å². The van der Waals surface area contributed by atoms with E-state index >= 15 is 0 Å². The molecular weight excluding hydrogens is 308 g/mol. The number of hydrogen-bond donors (Lipinski definition) is 2. The van der Waals surface area contributed by atoms with Gasteiger partial charge in [-0.1, -0.05) is 6.92 Å². The van der Waals surface area contributed by atoms with E-state index in [2.05, 4.69) is 23.6 Å². The van der Waals surface area contributed by atoms with Crippen LogP contribution in [-0.2, 0) is 9.59 Å². The topological polar surface area (TPSA) is 102 Å². The Labute approximate surface area is 141 Å². The van der Waals surface area contributed by atoms with Crippen LogP contribution in [0.4, 0.5) is 4.79 Å². The minimum atomic E-state index is -0.922. The second-order valence-electron chi connectivity index (χ2n) is 7.72. The first-order valence-corrected chi connectivity index (χ1v) is 8.66. The third-order valence-electron chi connectivity index (χ3n) is 5.70. The molecular formula is C17H24N4O3. The molecule has 4 amide bonds. The van der Waals surface area contributed by atoms with Crippen LogP contribution in [0.5, 0.6) is 0 Å². The van der Waals surface area contributed by atoms with E-state index in [9.17, 15) is 19.6 Å². The van der Waals surface area contributed by atoms with Gasteiger partial charge in [0, 0.05) is 0 Å². The Hall–Kier alpha value is -2.10. The minimum Gasteiger partial charge on any atom is -0.336 e. The summed E-state index contributed by atoms with van der Waals surface area (Å²) in [4.78, 5) is 38.2. The van der Waals surface area contributed by atoms with Crippen molar-refractivity contribution < 1.29 is 14.4 Å². The Bertz CT molecular complexity index is 614. The molecule has 2 aliphatic carbocycles. The predicted molar refractivity (Wildman–Crippen MR) is 85.5 cm³/mol. The first-order chi connectivity index (χ1) is 11.3. The number of carbonyl (C=O) groups is 3. The molecule has 0 bridgehead atoms. The Morgan fingerprint density at radius 1 is 1.38 bits per heavy atom. The summed E-state index contributed by atoms with van der Waals surface area (Å²) >= 11 is 0. The van der Waals surface area contributed by atoms with E-state index in [-0.39, 0.29) is 18.4 Å². The summed E-state index contributed by atoms with van der Waals surface area (Å²) in [6.45, 7) is 3.50. The first kappa shape index (κ1) is 16.7. The average Bonchev–Trinajstić information content (AvgIpc) is 3.36. The zero-order chi connectivity index (χ0) is 17.5. The van der Waals surface area contributed by atoms with E-state index in [1.54, 1.807) is 6.92 Å². The molecule has 1 aliphatic heterocycles. The number of hydrogen-bond acceptors (Lipinski definition) is 4. The zero-order valence-electron chi connectivity index (χ0n) is 14.2. The standard InChI is InChI=1S/C17H24N4O3/c1-11-5-7-17(8-6-11)14(23)21(15(24)20-17)9-13(22)19-16(2,10-18)12-3-4-12/h11-12H,3-9H2,1-2H3,(H,19,22)(H,20,24)/t11?,16-,17?/m1/s1. The molecule has 0 unspecified atom stereocenters. The Balaban J connectivity index is 1.65. The molecule has 1 atom stereocenters. The summed E-state index contributed by atoms with van der Waals surface area (Å²) in [7, 11) is 0. The number of imide groups is 1. The highest BCUT2D eigenvalue weighted by Crippen LogP contribution is 2.39. The molecule has 3 aliphatic rings. The van der Waals surface area contributed by atoms with Crippen LogP contribution in [0.3, 0.4) is 0 Å². The van der Waals surface area contributed by atoms with Crippen LogP contribution in [0.25, 0.3) is 0 Å². The lowest BCUT2D eigenvalue weighted by atomic mass is 9.77. The summed E-state index contributed by atoms with van der Waals surface area (Å²) < 4.78 is 0. The van der Waals surface area contributed by atoms with Crippen LogP contribution in [-0.4, -0.2) is 40.4 Å². The molecule has 24 heavy (non-hydrogen) atoms. The summed E-state index contributed by atoms with van der Waals surface area (Å²) in [6.07, 6.45) is 4.84. The predicted octanol–water partition coefficient (Wildman–Crippen LogP) is 1.30. The largest absolute Gasteiger partial charge is 0.336 e. The maximum absolute atomic E-state index is 12.7. The summed E-state index contributed by atoms with van der Waals surface area (Å²) in [5.74, 6) is -0.0661. The molecule has 1 heterocycles. The molecule has 2 N–H and O–H groups in total. The summed E-state index contributed by atoms with van der Waals surface area (Å²) in [5, 5.41) is 14.8. The van der Waals surface area contributed by atoms with Crippen LogP contribution in [0.15, 0.2) is 0 Å². The first-order valence-electron chi connectivity index (χ1n) is 8.66. The lowest BCUT2D eigenvalue weighted by Gasteiger charge is -2.33. The molecule has 1 saturated heterocycles. The number of rotatable bonds is 4. The van der Waals surface area contributed by atoms with Gasteiger partial charge >= 0.3 is 6.03 Å². The van der Waals surface area contributed by atoms with E-state index in [0.29, 0.717) is 18.8 Å². The van der Waals surface area contributed by atoms with Crippen molar-refractivity contribution in [2.24, 2.45) is 11.8 Å². The third kappa shape index (κ3) is 2.85. The second kappa shape index (κ2) is 5.76. The zero-order valence-corrected chi connectivity index (χ0v) is 14.2. The Morgan fingerprint density at radius 3 is 2.54 bits per heavy atom. The van der Waals surface area contributed by atoms with Crippen molar-refractivity contribution in [1.82, 2.24) is 15.5 Å². The van der Waals surface area contributed by atoms with Crippen molar-refractivity contribution in [2.75, 3.05) is 6.54 Å². The molecule has 1 spiro atoms. The molecule has 3 rings (SSSR count). The SMILES string of the molecule is CC1CCC2(CC1)NC(=O)N(CC(=O)N[C@](C)(C#N)C1CC1)C2=O. The number of carbonyl (C=O) groups excluding carboxylic acids is 3. The highest BCUT2D eigenvalue weighted by molar-refractivity contribution is 6.09.